The van der Waals surface area contributed by atoms with Gasteiger partial charge in [-0.15, -0.1) is 10.2 Å². The van der Waals surface area contributed by atoms with Crippen LogP contribution in [0.25, 0.3) is 22.4 Å². The first kappa shape index (κ1) is 16.5. The summed E-state index contributed by atoms with van der Waals surface area (Å²) in [6.45, 7) is 2.02. The molecular weight excluding hydrogens is 344 g/mol. The number of hydrogen-bond acceptors (Lipinski definition) is 5. The Labute approximate surface area is 154 Å². The highest BCUT2D eigenvalue weighted by Crippen LogP contribution is 2.19. The summed E-state index contributed by atoms with van der Waals surface area (Å²) in [5.41, 5.74) is 4.05. The van der Waals surface area contributed by atoms with Crippen LogP contribution < -0.4 is 15.0 Å². The third-order valence-electron chi connectivity index (χ3n) is 4.23. The number of anilines is 1. The zero-order valence-electron chi connectivity index (χ0n) is 14.8. The van der Waals surface area contributed by atoms with Crippen molar-refractivity contribution in [3.8, 4) is 11.4 Å². The molecule has 5 nitrogen and oxygen atoms in total. The van der Waals surface area contributed by atoms with Crippen LogP contribution in [0.3, 0.4) is 0 Å². The molecule has 0 bridgehead atoms. The Morgan fingerprint density at radius 2 is 1.85 bits per heavy atom. The summed E-state index contributed by atoms with van der Waals surface area (Å²) in [6.07, 6.45) is 1.90. The number of thiazole rings is 1. The summed E-state index contributed by atoms with van der Waals surface area (Å²) in [6, 6.07) is 16.0. The van der Waals surface area contributed by atoms with Crippen LogP contribution in [0.5, 0.6) is 0 Å². The van der Waals surface area contributed by atoms with Gasteiger partial charge >= 0.3 is 0 Å². The molecule has 2 aromatic carbocycles. The summed E-state index contributed by atoms with van der Waals surface area (Å²) in [5.74, 6) is 0.590. The van der Waals surface area contributed by atoms with Gasteiger partial charge in [0.1, 0.15) is 0 Å². The van der Waals surface area contributed by atoms with Crippen LogP contribution in [0.15, 0.2) is 53.3 Å². The Balaban J connectivity index is 1.83. The van der Waals surface area contributed by atoms with Crippen LogP contribution in [0.4, 0.5) is 5.69 Å². The molecule has 4 aromatic rings. The van der Waals surface area contributed by atoms with Gasteiger partial charge in [-0.05, 0) is 36.8 Å². The van der Waals surface area contributed by atoms with E-state index >= 15 is 0 Å². The Kier molecular flexibility index (Phi) is 4.05. The van der Waals surface area contributed by atoms with Crippen LogP contribution >= 0.6 is 11.3 Å². The van der Waals surface area contributed by atoms with E-state index < -0.39 is 0 Å². The van der Waals surface area contributed by atoms with E-state index in [0.717, 1.165) is 22.4 Å². The SMILES string of the molecule is Cc1cccc(-c2nnc3s/c(=C\c4ccc(N(C)C)cc4)c(=O)n23)c1. The van der Waals surface area contributed by atoms with Gasteiger partial charge in [-0.3, -0.25) is 4.79 Å². The smallest absolute Gasteiger partial charge is 0.276 e. The highest BCUT2D eigenvalue weighted by Gasteiger charge is 2.14. The summed E-state index contributed by atoms with van der Waals surface area (Å²) >= 11 is 1.36. The van der Waals surface area contributed by atoms with Crippen molar-refractivity contribution in [2.75, 3.05) is 19.0 Å². The molecule has 4 rings (SSSR count). The Morgan fingerprint density at radius 3 is 2.54 bits per heavy atom. The van der Waals surface area contributed by atoms with Crippen LogP contribution in [-0.4, -0.2) is 28.7 Å². The molecule has 0 aliphatic rings. The van der Waals surface area contributed by atoms with Gasteiger partial charge in [0.25, 0.3) is 5.56 Å². The van der Waals surface area contributed by atoms with Crippen LogP contribution in [0, 0.1) is 6.92 Å². The van der Waals surface area contributed by atoms with Crippen molar-refractivity contribution in [2.24, 2.45) is 0 Å². The van der Waals surface area contributed by atoms with Gasteiger partial charge in [0, 0.05) is 25.3 Å². The zero-order valence-corrected chi connectivity index (χ0v) is 15.6. The lowest BCUT2D eigenvalue weighted by Crippen LogP contribution is -2.23. The lowest BCUT2D eigenvalue weighted by molar-refractivity contribution is 1.09. The van der Waals surface area contributed by atoms with Crippen molar-refractivity contribution >= 4 is 28.1 Å². The van der Waals surface area contributed by atoms with E-state index in [-0.39, 0.29) is 5.56 Å². The molecule has 26 heavy (non-hydrogen) atoms. The minimum atomic E-state index is -0.0804. The number of nitrogens with zero attached hydrogens (tertiary/aromatic N) is 4. The van der Waals surface area contributed by atoms with Crippen molar-refractivity contribution < 1.29 is 0 Å². The summed E-state index contributed by atoms with van der Waals surface area (Å²) in [5, 5.41) is 8.40. The summed E-state index contributed by atoms with van der Waals surface area (Å²) < 4.78 is 2.25. The fourth-order valence-corrected chi connectivity index (χ4v) is 3.77. The van der Waals surface area contributed by atoms with Gasteiger partial charge in [-0.2, -0.15) is 0 Å². The van der Waals surface area contributed by atoms with E-state index in [4.69, 9.17) is 0 Å². The summed E-state index contributed by atoms with van der Waals surface area (Å²) in [4.78, 5) is 15.6. The predicted octanol–water partition coefficient (Wildman–Crippen LogP) is 2.74. The maximum absolute atomic E-state index is 12.9. The molecule has 0 fully saturated rings. The molecule has 0 radical (unpaired) electrons. The predicted molar refractivity (Wildman–Crippen MR) is 107 cm³/mol. The van der Waals surface area contributed by atoms with E-state index in [1.807, 2.05) is 80.5 Å². The zero-order chi connectivity index (χ0) is 18.3. The number of rotatable bonds is 3. The first-order chi connectivity index (χ1) is 12.5. The maximum Gasteiger partial charge on any atom is 0.276 e. The molecule has 0 N–H and O–H groups in total. The fraction of sp³-hybridized carbons (Fsp3) is 0.150. The first-order valence-corrected chi connectivity index (χ1v) is 9.09. The number of aryl methyl sites for hydroxylation is 1. The van der Waals surface area contributed by atoms with E-state index in [1.165, 1.54) is 11.3 Å². The number of fused-ring (bicyclic) bond motifs is 1. The number of benzene rings is 2. The monoisotopic (exact) mass is 362 g/mol. The van der Waals surface area contributed by atoms with E-state index in [0.29, 0.717) is 15.3 Å². The Morgan fingerprint density at radius 1 is 1.08 bits per heavy atom. The molecule has 130 valence electrons. The van der Waals surface area contributed by atoms with Gasteiger partial charge in [-0.25, -0.2) is 4.40 Å². The Bertz CT molecular complexity index is 1190. The average molecular weight is 362 g/mol. The highest BCUT2D eigenvalue weighted by molar-refractivity contribution is 7.15. The second-order valence-electron chi connectivity index (χ2n) is 6.41. The van der Waals surface area contributed by atoms with E-state index in [1.54, 1.807) is 4.40 Å². The van der Waals surface area contributed by atoms with Crippen LogP contribution in [0.1, 0.15) is 11.1 Å². The normalized spacial score (nSPS) is 12.0. The molecule has 0 aliphatic heterocycles. The largest absolute Gasteiger partial charge is 0.378 e. The molecule has 0 spiro atoms. The van der Waals surface area contributed by atoms with E-state index in [9.17, 15) is 4.79 Å². The molecule has 0 unspecified atom stereocenters. The van der Waals surface area contributed by atoms with Gasteiger partial charge in [0.05, 0.1) is 4.53 Å². The Hall–Kier alpha value is -2.99. The average Bonchev–Trinajstić information content (AvgIpc) is 3.16. The molecular formula is C20H18N4OS. The lowest BCUT2D eigenvalue weighted by atomic mass is 10.1. The molecule has 6 heteroatoms. The van der Waals surface area contributed by atoms with Crippen molar-refractivity contribution in [2.45, 2.75) is 6.92 Å². The number of hydrogen-bond donors (Lipinski definition) is 0. The van der Waals surface area contributed by atoms with Crippen molar-refractivity contribution in [1.82, 2.24) is 14.6 Å². The quantitative estimate of drug-likeness (QED) is 0.562. The topological polar surface area (TPSA) is 50.5 Å². The second-order valence-corrected chi connectivity index (χ2v) is 7.42. The lowest BCUT2D eigenvalue weighted by Gasteiger charge is -2.11. The maximum atomic E-state index is 12.9. The minimum Gasteiger partial charge on any atom is -0.378 e. The van der Waals surface area contributed by atoms with Gasteiger partial charge < -0.3 is 4.90 Å². The molecule has 0 aliphatic carbocycles. The summed E-state index contributed by atoms with van der Waals surface area (Å²) in [7, 11) is 4.01. The number of aromatic nitrogens is 3. The molecule has 2 aromatic heterocycles. The first-order valence-electron chi connectivity index (χ1n) is 8.27. The molecule has 0 amide bonds. The minimum absolute atomic E-state index is 0.0804. The van der Waals surface area contributed by atoms with Crippen LogP contribution in [0.2, 0.25) is 0 Å². The van der Waals surface area contributed by atoms with Crippen molar-refractivity contribution in [1.29, 1.82) is 0 Å². The third kappa shape index (κ3) is 2.88. The molecule has 0 saturated carbocycles. The highest BCUT2D eigenvalue weighted by atomic mass is 32.1. The van der Waals surface area contributed by atoms with Crippen LogP contribution in [-0.2, 0) is 0 Å². The molecule has 0 atom stereocenters. The van der Waals surface area contributed by atoms with Gasteiger partial charge in [-0.1, -0.05) is 47.2 Å². The van der Waals surface area contributed by atoms with Gasteiger partial charge in [0.15, 0.2) is 5.82 Å². The molecule has 0 saturated heterocycles. The molecule has 2 heterocycles. The van der Waals surface area contributed by atoms with E-state index in [2.05, 4.69) is 10.2 Å². The third-order valence-corrected chi connectivity index (χ3v) is 5.19. The second kappa shape index (κ2) is 6.38. The van der Waals surface area contributed by atoms with Crippen molar-refractivity contribution in [3.05, 3.63) is 74.5 Å². The fourth-order valence-electron chi connectivity index (χ4n) is 2.85. The standard InChI is InChI=1S/C20H18N4OS/c1-13-5-4-6-15(11-13)18-21-22-20-24(18)19(25)17(26-20)12-14-7-9-16(10-8-14)23(2)3/h4-12H,1-3H3/b17-12-. The van der Waals surface area contributed by atoms with Gasteiger partial charge in [0.2, 0.25) is 4.96 Å². The van der Waals surface area contributed by atoms with Crippen molar-refractivity contribution in [3.63, 3.8) is 0 Å².